The molecule has 4 nitrogen and oxygen atoms in total. The molecule has 0 bridgehead atoms. The van der Waals surface area contributed by atoms with E-state index in [1.54, 1.807) is 12.0 Å². The molecule has 17 heavy (non-hydrogen) atoms. The van der Waals surface area contributed by atoms with Crippen LogP contribution in [0.5, 0.6) is 5.75 Å². The van der Waals surface area contributed by atoms with Crippen LogP contribution >= 0.6 is 0 Å². The number of nitrogens with zero attached hydrogens (tertiary/aromatic N) is 1. The number of ether oxygens (including phenoxy) is 1. The van der Waals surface area contributed by atoms with Gasteiger partial charge in [0.1, 0.15) is 12.0 Å². The molecule has 0 saturated carbocycles. The summed E-state index contributed by atoms with van der Waals surface area (Å²) in [5.41, 5.74) is 2.16. The van der Waals surface area contributed by atoms with Gasteiger partial charge in [-0.25, -0.2) is 0 Å². The van der Waals surface area contributed by atoms with Crippen molar-refractivity contribution >= 4 is 12.2 Å². The van der Waals surface area contributed by atoms with Gasteiger partial charge in [0.05, 0.1) is 13.2 Å². The Bertz CT molecular complexity index is 456. The highest BCUT2D eigenvalue weighted by atomic mass is 16.5. The second-order valence-corrected chi connectivity index (χ2v) is 4.19. The quantitative estimate of drug-likeness (QED) is 0.720. The average molecular weight is 233 g/mol. The zero-order valence-electron chi connectivity index (χ0n) is 9.97. The van der Waals surface area contributed by atoms with Crippen molar-refractivity contribution < 1.29 is 14.3 Å². The monoisotopic (exact) mass is 233 g/mol. The van der Waals surface area contributed by atoms with Crippen molar-refractivity contribution in [3.63, 3.8) is 0 Å². The van der Waals surface area contributed by atoms with E-state index in [4.69, 9.17) is 4.74 Å². The van der Waals surface area contributed by atoms with Crippen LogP contribution in [0.1, 0.15) is 18.1 Å². The summed E-state index contributed by atoms with van der Waals surface area (Å²) in [6, 6.07) is 5.42. The number of rotatable bonds is 2. The summed E-state index contributed by atoms with van der Waals surface area (Å²) >= 11 is 0. The molecule has 1 aliphatic rings. The maximum Gasteiger partial charge on any atom is 0.220 e. The van der Waals surface area contributed by atoms with Crippen LogP contribution in [0.2, 0.25) is 0 Å². The van der Waals surface area contributed by atoms with Crippen LogP contribution in [0, 0.1) is 0 Å². The third-order valence-electron chi connectivity index (χ3n) is 3.15. The molecule has 2 rings (SSSR count). The van der Waals surface area contributed by atoms with Gasteiger partial charge in [-0.2, -0.15) is 0 Å². The van der Waals surface area contributed by atoms with Crippen LogP contribution in [0.3, 0.4) is 0 Å². The summed E-state index contributed by atoms with van der Waals surface area (Å²) in [6.07, 6.45) is 1.43. The standard InChI is InChI=1S/C13H15NO3/c1-9(16)14-7-11-6-13(17-2)4-3-10(11)5-12(14)8-15/h3-4,6,8,12H,5,7H2,1-2H3. The van der Waals surface area contributed by atoms with Crippen molar-refractivity contribution in [3.05, 3.63) is 29.3 Å². The molecule has 1 aromatic carbocycles. The molecule has 1 amide bonds. The van der Waals surface area contributed by atoms with E-state index < -0.39 is 0 Å². The van der Waals surface area contributed by atoms with Gasteiger partial charge in [0.2, 0.25) is 5.91 Å². The molecule has 1 aromatic rings. The van der Waals surface area contributed by atoms with Crippen molar-refractivity contribution in [3.8, 4) is 5.75 Å². The molecule has 1 atom stereocenters. The summed E-state index contributed by atoms with van der Waals surface area (Å²) in [6.45, 7) is 1.97. The smallest absolute Gasteiger partial charge is 0.220 e. The molecular weight excluding hydrogens is 218 g/mol. The summed E-state index contributed by atoms with van der Waals surface area (Å²) in [4.78, 5) is 24.0. The Morgan fingerprint density at radius 3 is 2.82 bits per heavy atom. The van der Waals surface area contributed by atoms with Crippen LogP contribution < -0.4 is 4.74 Å². The van der Waals surface area contributed by atoms with Gasteiger partial charge < -0.3 is 14.4 Å². The first-order valence-corrected chi connectivity index (χ1v) is 5.54. The summed E-state index contributed by atoms with van der Waals surface area (Å²) < 4.78 is 5.16. The maximum absolute atomic E-state index is 11.5. The van der Waals surface area contributed by atoms with Gasteiger partial charge in [-0.1, -0.05) is 6.07 Å². The van der Waals surface area contributed by atoms with Gasteiger partial charge in [0, 0.05) is 19.9 Å². The largest absolute Gasteiger partial charge is 0.497 e. The molecule has 1 heterocycles. The van der Waals surface area contributed by atoms with E-state index in [-0.39, 0.29) is 11.9 Å². The van der Waals surface area contributed by atoms with E-state index in [1.165, 1.54) is 6.92 Å². The summed E-state index contributed by atoms with van der Waals surface area (Å²) in [5, 5.41) is 0. The fourth-order valence-electron chi connectivity index (χ4n) is 2.18. The fraction of sp³-hybridized carbons (Fsp3) is 0.385. The molecule has 4 heteroatoms. The van der Waals surface area contributed by atoms with Crippen molar-refractivity contribution in [2.45, 2.75) is 25.9 Å². The Morgan fingerprint density at radius 2 is 2.24 bits per heavy atom. The minimum absolute atomic E-state index is 0.0735. The van der Waals surface area contributed by atoms with E-state index in [9.17, 15) is 9.59 Å². The molecule has 0 radical (unpaired) electrons. The van der Waals surface area contributed by atoms with Gasteiger partial charge in [-0.05, 0) is 23.3 Å². The number of hydrogen-bond acceptors (Lipinski definition) is 3. The molecular formula is C13H15NO3. The SMILES string of the molecule is COc1ccc2c(c1)CN(C(C)=O)C(C=O)C2. The van der Waals surface area contributed by atoms with Gasteiger partial charge in [-0.3, -0.25) is 4.79 Å². The molecule has 0 N–H and O–H groups in total. The van der Waals surface area contributed by atoms with E-state index in [2.05, 4.69) is 0 Å². The molecule has 90 valence electrons. The number of carbonyl (C=O) groups excluding carboxylic acids is 2. The van der Waals surface area contributed by atoms with Crippen molar-refractivity contribution in [1.82, 2.24) is 4.90 Å². The van der Waals surface area contributed by atoms with Crippen LogP contribution in [-0.2, 0) is 22.6 Å². The highest BCUT2D eigenvalue weighted by Crippen LogP contribution is 2.26. The third kappa shape index (κ3) is 2.16. The lowest BCUT2D eigenvalue weighted by atomic mass is 9.94. The minimum Gasteiger partial charge on any atom is -0.497 e. The Kier molecular flexibility index (Phi) is 3.13. The lowest BCUT2D eigenvalue weighted by molar-refractivity contribution is -0.135. The van der Waals surface area contributed by atoms with Crippen LogP contribution in [0.4, 0.5) is 0 Å². The maximum atomic E-state index is 11.5. The number of carbonyl (C=O) groups is 2. The first kappa shape index (κ1) is 11.6. The molecule has 1 unspecified atom stereocenters. The molecule has 1 aliphatic heterocycles. The second-order valence-electron chi connectivity index (χ2n) is 4.19. The molecule has 0 aromatic heterocycles. The fourth-order valence-corrected chi connectivity index (χ4v) is 2.18. The second kappa shape index (κ2) is 4.57. The van der Waals surface area contributed by atoms with Gasteiger partial charge >= 0.3 is 0 Å². The Balaban J connectivity index is 2.35. The van der Waals surface area contributed by atoms with E-state index in [1.807, 2.05) is 18.2 Å². The lowest BCUT2D eigenvalue weighted by Gasteiger charge is -2.33. The highest BCUT2D eigenvalue weighted by molar-refractivity contribution is 5.78. The third-order valence-corrected chi connectivity index (χ3v) is 3.15. The Morgan fingerprint density at radius 1 is 1.47 bits per heavy atom. The first-order valence-electron chi connectivity index (χ1n) is 5.54. The topological polar surface area (TPSA) is 46.6 Å². The summed E-state index contributed by atoms with van der Waals surface area (Å²) in [7, 11) is 1.61. The predicted molar refractivity (Wildman–Crippen MR) is 62.8 cm³/mol. The van der Waals surface area contributed by atoms with Crippen LogP contribution in [0.25, 0.3) is 0 Å². The molecule has 0 saturated heterocycles. The number of fused-ring (bicyclic) bond motifs is 1. The Hall–Kier alpha value is -1.84. The number of hydrogen-bond donors (Lipinski definition) is 0. The van der Waals surface area contributed by atoms with Crippen LogP contribution in [0.15, 0.2) is 18.2 Å². The van der Waals surface area contributed by atoms with Gasteiger partial charge in [0.25, 0.3) is 0 Å². The van der Waals surface area contributed by atoms with Gasteiger partial charge in [-0.15, -0.1) is 0 Å². The van der Waals surface area contributed by atoms with Gasteiger partial charge in [0.15, 0.2) is 0 Å². The van der Waals surface area contributed by atoms with E-state index in [0.717, 1.165) is 23.2 Å². The normalized spacial score (nSPS) is 18.5. The predicted octanol–water partition coefficient (Wildman–Crippen LogP) is 1.17. The highest BCUT2D eigenvalue weighted by Gasteiger charge is 2.27. The van der Waals surface area contributed by atoms with E-state index >= 15 is 0 Å². The molecule has 0 spiro atoms. The number of benzene rings is 1. The first-order chi connectivity index (χ1) is 8.15. The van der Waals surface area contributed by atoms with E-state index in [0.29, 0.717) is 13.0 Å². The van der Waals surface area contributed by atoms with Crippen molar-refractivity contribution in [2.24, 2.45) is 0 Å². The molecule has 0 aliphatic carbocycles. The lowest BCUT2D eigenvalue weighted by Crippen LogP contribution is -2.44. The molecule has 0 fully saturated rings. The zero-order chi connectivity index (χ0) is 12.4. The number of methoxy groups -OCH3 is 1. The zero-order valence-corrected chi connectivity index (χ0v) is 9.97. The van der Waals surface area contributed by atoms with Crippen molar-refractivity contribution in [2.75, 3.05) is 7.11 Å². The van der Waals surface area contributed by atoms with Crippen LogP contribution in [-0.4, -0.2) is 30.2 Å². The minimum atomic E-state index is -0.339. The summed E-state index contributed by atoms with van der Waals surface area (Å²) in [5.74, 6) is 0.701. The van der Waals surface area contributed by atoms with Crippen molar-refractivity contribution in [1.29, 1.82) is 0 Å². The number of amides is 1. The average Bonchev–Trinajstić information content (AvgIpc) is 2.36. The number of aldehydes is 1. The Labute approximate surface area is 100 Å².